The van der Waals surface area contributed by atoms with Gasteiger partial charge in [0.25, 0.3) is 5.56 Å². The molecule has 2 rings (SSSR count). The van der Waals surface area contributed by atoms with Gasteiger partial charge in [-0.25, -0.2) is 4.79 Å². The zero-order valence-corrected chi connectivity index (χ0v) is 11.6. The van der Waals surface area contributed by atoms with Crippen LogP contribution in [-0.2, 0) is 11.2 Å². The number of nitrogens with one attached hydrogen (secondary N) is 1. The monoisotopic (exact) mass is 268 g/mol. The predicted octanol–water partition coefficient (Wildman–Crippen LogP) is 1.77. The highest BCUT2D eigenvalue weighted by molar-refractivity contribution is 5.69. The summed E-state index contributed by atoms with van der Waals surface area (Å²) in [4.78, 5) is 24.3. The Morgan fingerprint density at radius 1 is 1.53 bits per heavy atom. The number of nitrogens with zero attached hydrogens (tertiary/aromatic N) is 1. The molecule has 0 spiro atoms. The molecular formula is C13H20N2O4. The quantitative estimate of drug-likeness (QED) is 0.906. The molecule has 0 aliphatic carbocycles. The number of H-pyrrole nitrogens is 1. The van der Waals surface area contributed by atoms with Gasteiger partial charge >= 0.3 is 6.09 Å². The molecule has 1 amide bonds. The van der Waals surface area contributed by atoms with Gasteiger partial charge in [0.2, 0.25) is 0 Å². The fourth-order valence-electron chi connectivity index (χ4n) is 2.02. The number of hydrogen-bond acceptors (Lipinski definition) is 4. The van der Waals surface area contributed by atoms with E-state index in [1.807, 2.05) is 20.8 Å². The number of hydrogen-bond donors (Lipinski definition) is 1. The standard InChI is InChI=1S/C13H20N2O4/c1-13(2,3)18-12(17)15-7-9(8-15)4-5-10-6-11(16)14-19-10/h6,9H,4-5,7-8H2,1-3H3,(H,14,16). The van der Waals surface area contributed by atoms with Crippen LogP contribution < -0.4 is 5.56 Å². The van der Waals surface area contributed by atoms with Gasteiger partial charge in [-0.2, -0.15) is 5.16 Å². The minimum atomic E-state index is -0.448. The fraction of sp³-hybridized carbons (Fsp3) is 0.692. The van der Waals surface area contributed by atoms with Crippen LogP contribution in [0.2, 0.25) is 0 Å². The molecule has 6 heteroatoms. The molecule has 0 saturated carbocycles. The van der Waals surface area contributed by atoms with Crippen LogP contribution in [0.15, 0.2) is 15.4 Å². The van der Waals surface area contributed by atoms with Crippen molar-refractivity contribution in [1.29, 1.82) is 0 Å². The summed E-state index contributed by atoms with van der Waals surface area (Å²) in [5, 5.41) is 2.27. The Bertz CT molecular complexity index is 491. The first-order chi connectivity index (χ1) is 8.83. The van der Waals surface area contributed by atoms with E-state index in [0.29, 0.717) is 31.2 Å². The summed E-state index contributed by atoms with van der Waals surface area (Å²) in [5.74, 6) is 1.12. The van der Waals surface area contributed by atoms with Crippen LogP contribution in [-0.4, -0.2) is 34.8 Å². The van der Waals surface area contributed by atoms with Crippen molar-refractivity contribution < 1.29 is 14.1 Å². The number of amides is 1. The van der Waals surface area contributed by atoms with Gasteiger partial charge in [-0.3, -0.25) is 4.79 Å². The van der Waals surface area contributed by atoms with E-state index >= 15 is 0 Å². The molecule has 1 N–H and O–H groups in total. The zero-order chi connectivity index (χ0) is 14.0. The maximum Gasteiger partial charge on any atom is 0.410 e. The van der Waals surface area contributed by atoms with Gasteiger partial charge in [0, 0.05) is 25.6 Å². The van der Waals surface area contributed by atoms with Crippen LogP contribution in [0.4, 0.5) is 4.79 Å². The Morgan fingerprint density at radius 3 is 2.74 bits per heavy atom. The van der Waals surface area contributed by atoms with Crippen molar-refractivity contribution in [2.45, 2.75) is 39.2 Å². The molecule has 1 aromatic heterocycles. The molecule has 1 aliphatic rings. The van der Waals surface area contributed by atoms with Crippen molar-refractivity contribution in [3.63, 3.8) is 0 Å². The summed E-state index contributed by atoms with van der Waals surface area (Å²) in [6, 6.07) is 1.46. The van der Waals surface area contributed by atoms with Crippen molar-refractivity contribution in [2.24, 2.45) is 5.92 Å². The minimum absolute atomic E-state index is 0.209. The third-order valence-corrected chi connectivity index (χ3v) is 2.98. The van der Waals surface area contributed by atoms with Crippen LogP contribution in [0.25, 0.3) is 0 Å². The number of likely N-dealkylation sites (tertiary alicyclic amines) is 1. The smallest absolute Gasteiger partial charge is 0.410 e. The molecule has 1 aromatic rings. The summed E-state index contributed by atoms with van der Waals surface area (Å²) >= 11 is 0. The lowest BCUT2D eigenvalue weighted by atomic mass is 9.94. The first-order valence-corrected chi connectivity index (χ1v) is 6.49. The molecule has 0 unspecified atom stereocenters. The van der Waals surface area contributed by atoms with Crippen molar-refractivity contribution in [1.82, 2.24) is 10.1 Å². The number of carbonyl (C=O) groups excluding carboxylic acids is 1. The van der Waals surface area contributed by atoms with Crippen LogP contribution in [0, 0.1) is 5.92 Å². The van der Waals surface area contributed by atoms with Crippen LogP contribution >= 0.6 is 0 Å². The first-order valence-electron chi connectivity index (χ1n) is 6.49. The maximum atomic E-state index is 11.7. The number of rotatable bonds is 3. The largest absolute Gasteiger partial charge is 0.444 e. The molecule has 0 atom stereocenters. The molecule has 0 bridgehead atoms. The van der Waals surface area contributed by atoms with Gasteiger partial charge in [-0.1, -0.05) is 0 Å². The van der Waals surface area contributed by atoms with Crippen LogP contribution in [0.3, 0.4) is 0 Å². The van der Waals surface area contributed by atoms with E-state index in [1.165, 1.54) is 6.07 Å². The first kappa shape index (κ1) is 13.7. The van der Waals surface area contributed by atoms with Gasteiger partial charge in [0.05, 0.1) is 0 Å². The van der Waals surface area contributed by atoms with Crippen LogP contribution in [0.5, 0.6) is 0 Å². The molecule has 6 nitrogen and oxygen atoms in total. The summed E-state index contributed by atoms with van der Waals surface area (Å²) in [5.41, 5.74) is -0.657. The van der Waals surface area contributed by atoms with E-state index in [-0.39, 0.29) is 11.7 Å². The highest BCUT2D eigenvalue weighted by Crippen LogP contribution is 2.23. The van der Waals surface area contributed by atoms with Gasteiger partial charge in [-0.05, 0) is 33.1 Å². The number of aromatic amines is 1. The van der Waals surface area contributed by atoms with E-state index in [1.54, 1.807) is 4.90 Å². The minimum Gasteiger partial charge on any atom is -0.444 e. The number of aromatic nitrogens is 1. The Labute approximate surface area is 111 Å². The summed E-state index contributed by atoms with van der Waals surface area (Å²) in [6.07, 6.45) is 1.36. The lowest BCUT2D eigenvalue weighted by molar-refractivity contribution is -0.00220. The summed E-state index contributed by atoms with van der Waals surface area (Å²) < 4.78 is 10.3. The number of ether oxygens (including phenoxy) is 1. The normalized spacial score (nSPS) is 16.3. The third kappa shape index (κ3) is 3.87. The molecule has 106 valence electrons. The maximum absolute atomic E-state index is 11.7. The predicted molar refractivity (Wildman–Crippen MR) is 68.9 cm³/mol. The Balaban J connectivity index is 1.69. The highest BCUT2D eigenvalue weighted by atomic mass is 16.6. The lowest BCUT2D eigenvalue weighted by Crippen LogP contribution is -2.51. The Morgan fingerprint density at radius 2 is 2.21 bits per heavy atom. The second kappa shape index (κ2) is 5.11. The molecule has 1 saturated heterocycles. The lowest BCUT2D eigenvalue weighted by Gasteiger charge is -2.39. The molecule has 0 aromatic carbocycles. The second-order valence-corrected chi connectivity index (χ2v) is 5.97. The van der Waals surface area contributed by atoms with E-state index in [9.17, 15) is 9.59 Å². The Hall–Kier alpha value is -1.72. The molecular weight excluding hydrogens is 248 g/mol. The highest BCUT2D eigenvalue weighted by Gasteiger charge is 2.33. The van der Waals surface area contributed by atoms with Crippen molar-refractivity contribution >= 4 is 6.09 Å². The number of aryl methyl sites for hydroxylation is 1. The number of carbonyl (C=O) groups is 1. The average molecular weight is 268 g/mol. The summed E-state index contributed by atoms with van der Waals surface area (Å²) in [6.45, 7) is 7.00. The Kier molecular flexibility index (Phi) is 3.68. The van der Waals surface area contributed by atoms with E-state index in [2.05, 4.69) is 5.16 Å². The van der Waals surface area contributed by atoms with E-state index < -0.39 is 5.60 Å². The SMILES string of the molecule is CC(C)(C)OC(=O)N1CC(CCc2cc(=O)[nH]o2)C1. The molecule has 1 aliphatic heterocycles. The second-order valence-electron chi connectivity index (χ2n) is 5.97. The van der Waals surface area contributed by atoms with Gasteiger partial charge in [0.15, 0.2) is 0 Å². The van der Waals surface area contributed by atoms with Crippen molar-refractivity contribution in [3.8, 4) is 0 Å². The summed E-state index contributed by atoms with van der Waals surface area (Å²) in [7, 11) is 0. The molecule has 1 fully saturated rings. The molecule has 2 heterocycles. The van der Waals surface area contributed by atoms with E-state index in [0.717, 1.165) is 6.42 Å². The van der Waals surface area contributed by atoms with Crippen molar-refractivity contribution in [3.05, 3.63) is 22.2 Å². The average Bonchev–Trinajstić information content (AvgIpc) is 2.59. The fourth-order valence-corrected chi connectivity index (χ4v) is 2.02. The third-order valence-electron chi connectivity index (χ3n) is 2.98. The molecule has 0 radical (unpaired) electrons. The van der Waals surface area contributed by atoms with E-state index in [4.69, 9.17) is 9.26 Å². The topological polar surface area (TPSA) is 75.5 Å². The van der Waals surface area contributed by atoms with Crippen LogP contribution in [0.1, 0.15) is 33.0 Å². The van der Waals surface area contributed by atoms with Gasteiger partial charge in [0.1, 0.15) is 11.4 Å². The molecule has 19 heavy (non-hydrogen) atoms. The van der Waals surface area contributed by atoms with Gasteiger partial charge < -0.3 is 14.2 Å². The van der Waals surface area contributed by atoms with Gasteiger partial charge in [-0.15, -0.1) is 0 Å². The zero-order valence-electron chi connectivity index (χ0n) is 11.6. The van der Waals surface area contributed by atoms with Crippen molar-refractivity contribution in [2.75, 3.05) is 13.1 Å².